The number of carboxylic acid groups (broad SMARTS) is 2. The number of benzene rings is 2. The first kappa shape index (κ1) is 27.3. The summed E-state index contributed by atoms with van der Waals surface area (Å²) < 4.78 is 5.90. The van der Waals surface area contributed by atoms with Gasteiger partial charge in [-0.2, -0.15) is 0 Å². The van der Waals surface area contributed by atoms with Gasteiger partial charge in [-0.25, -0.2) is 0 Å². The van der Waals surface area contributed by atoms with E-state index in [4.69, 9.17) is 14.9 Å². The highest BCUT2D eigenvalue weighted by Gasteiger charge is 2.20. The van der Waals surface area contributed by atoms with Gasteiger partial charge in [0.1, 0.15) is 12.4 Å². The van der Waals surface area contributed by atoms with Gasteiger partial charge in [-0.15, -0.1) is 0 Å². The average molecular weight is 472 g/mol. The van der Waals surface area contributed by atoms with Crippen molar-refractivity contribution in [2.24, 2.45) is 0 Å². The molecule has 0 bridgehead atoms. The molecule has 7 heteroatoms. The van der Waals surface area contributed by atoms with Gasteiger partial charge in [-0.3, -0.25) is 9.59 Å². The number of carbonyl (C=O) groups is 2. The molecular formula is C27H37NO6. The van der Waals surface area contributed by atoms with Gasteiger partial charge in [0.2, 0.25) is 0 Å². The highest BCUT2D eigenvalue weighted by Crippen LogP contribution is 2.22. The maximum absolute atomic E-state index is 11.2. The molecule has 0 saturated carbocycles. The largest absolute Gasteiger partial charge is 0.489 e. The zero-order valence-corrected chi connectivity index (χ0v) is 20.2. The third-order valence-electron chi connectivity index (χ3n) is 6.15. The average Bonchev–Trinajstić information content (AvgIpc) is 2.81. The van der Waals surface area contributed by atoms with Crippen LogP contribution in [0.2, 0.25) is 0 Å². The van der Waals surface area contributed by atoms with Crippen molar-refractivity contribution in [3.05, 3.63) is 64.7 Å². The molecule has 0 unspecified atom stereocenters. The first-order chi connectivity index (χ1) is 16.2. The minimum atomic E-state index is -1.00. The topological polar surface area (TPSA) is 116 Å². The number of hydrogen-bond donors (Lipinski definition) is 4. The van der Waals surface area contributed by atoms with Crippen LogP contribution in [0, 0.1) is 0 Å². The third-order valence-corrected chi connectivity index (χ3v) is 6.15. The Balaban J connectivity index is 1.85. The lowest BCUT2D eigenvalue weighted by Gasteiger charge is -2.24. The Morgan fingerprint density at radius 3 is 2.29 bits per heavy atom. The fraction of sp³-hybridized carbons (Fsp3) is 0.481. The molecule has 0 spiro atoms. The van der Waals surface area contributed by atoms with Crippen LogP contribution in [0.3, 0.4) is 0 Å². The van der Waals surface area contributed by atoms with Crippen molar-refractivity contribution >= 4 is 11.9 Å². The normalized spacial score (nSPS) is 11.4. The quantitative estimate of drug-likeness (QED) is 0.269. The first-order valence-electron chi connectivity index (χ1n) is 11.9. The van der Waals surface area contributed by atoms with E-state index in [9.17, 15) is 14.7 Å². The van der Waals surface area contributed by atoms with E-state index in [2.05, 4.69) is 5.32 Å². The van der Waals surface area contributed by atoms with E-state index in [0.29, 0.717) is 16.9 Å². The summed E-state index contributed by atoms with van der Waals surface area (Å²) in [6.07, 6.45) is 3.97. The van der Waals surface area contributed by atoms with Gasteiger partial charge in [0.25, 0.3) is 0 Å². The van der Waals surface area contributed by atoms with Crippen LogP contribution in [0.15, 0.2) is 42.5 Å². The van der Waals surface area contributed by atoms with E-state index in [-0.39, 0.29) is 19.4 Å². The third kappa shape index (κ3) is 9.53. The van der Waals surface area contributed by atoms with Crippen molar-refractivity contribution in [2.45, 2.75) is 77.5 Å². The molecule has 0 aliphatic rings. The van der Waals surface area contributed by atoms with Crippen LogP contribution in [-0.4, -0.2) is 39.4 Å². The molecule has 0 fully saturated rings. The SMILES string of the molecule is CCC(O)(CC)CCCCNCc1cccc(OCc2ccc(CC(=O)O)c(CC(=O)O)c2)c1. The van der Waals surface area contributed by atoms with Crippen molar-refractivity contribution < 1.29 is 29.6 Å². The zero-order chi connectivity index (χ0) is 25.0. The van der Waals surface area contributed by atoms with E-state index in [0.717, 1.165) is 56.3 Å². The molecule has 0 aliphatic carbocycles. The van der Waals surface area contributed by atoms with Crippen LogP contribution in [0.4, 0.5) is 0 Å². The van der Waals surface area contributed by atoms with E-state index >= 15 is 0 Å². The summed E-state index contributed by atoms with van der Waals surface area (Å²) >= 11 is 0. The summed E-state index contributed by atoms with van der Waals surface area (Å²) in [4.78, 5) is 22.2. The summed E-state index contributed by atoms with van der Waals surface area (Å²) in [5.41, 5.74) is 2.34. The number of unbranched alkanes of at least 4 members (excludes halogenated alkanes) is 1. The lowest BCUT2D eigenvalue weighted by Crippen LogP contribution is -2.26. The number of hydrogen-bond acceptors (Lipinski definition) is 5. The van der Waals surface area contributed by atoms with Gasteiger partial charge in [0.05, 0.1) is 18.4 Å². The van der Waals surface area contributed by atoms with Crippen LogP contribution in [0.5, 0.6) is 5.75 Å². The lowest BCUT2D eigenvalue weighted by atomic mass is 9.91. The minimum Gasteiger partial charge on any atom is -0.489 e. The van der Waals surface area contributed by atoms with Crippen molar-refractivity contribution in [1.82, 2.24) is 5.32 Å². The van der Waals surface area contributed by atoms with E-state index < -0.39 is 17.5 Å². The maximum Gasteiger partial charge on any atom is 0.307 e. The van der Waals surface area contributed by atoms with Crippen molar-refractivity contribution in [3.8, 4) is 5.75 Å². The molecule has 186 valence electrons. The molecule has 0 aromatic heterocycles. The summed E-state index contributed by atoms with van der Waals surface area (Å²) in [6.45, 7) is 5.91. The highest BCUT2D eigenvalue weighted by molar-refractivity contribution is 5.74. The smallest absolute Gasteiger partial charge is 0.307 e. The lowest BCUT2D eigenvalue weighted by molar-refractivity contribution is -0.137. The Bertz CT molecular complexity index is 938. The number of rotatable bonds is 16. The van der Waals surface area contributed by atoms with Gasteiger partial charge in [0.15, 0.2) is 0 Å². The molecule has 34 heavy (non-hydrogen) atoms. The van der Waals surface area contributed by atoms with Crippen LogP contribution in [0.1, 0.15) is 68.2 Å². The molecule has 2 aromatic carbocycles. The molecule has 0 saturated heterocycles. The van der Waals surface area contributed by atoms with Gasteiger partial charge in [-0.1, -0.05) is 44.2 Å². The Kier molecular flexibility index (Phi) is 11.0. The molecule has 2 aromatic rings. The Hall–Kier alpha value is -2.90. The maximum atomic E-state index is 11.2. The second-order valence-corrected chi connectivity index (χ2v) is 8.75. The Morgan fingerprint density at radius 2 is 1.62 bits per heavy atom. The molecule has 0 atom stereocenters. The second kappa shape index (κ2) is 13.7. The minimum absolute atomic E-state index is 0.211. The van der Waals surface area contributed by atoms with E-state index in [1.165, 1.54) is 0 Å². The second-order valence-electron chi connectivity index (χ2n) is 8.75. The van der Waals surface area contributed by atoms with Crippen molar-refractivity contribution in [3.63, 3.8) is 0 Å². The molecule has 7 nitrogen and oxygen atoms in total. The number of nitrogens with one attached hydrogen (secondary N) is 1. The fourth-order valence-corrected chi connectivity index (χ4v) is 3.88. The van der Waals surface area contributed by atoms with Gasteiger partial charge < -0.3 is 25.4 Å². The molecule has 2 rings (SSSR count). The van der Waals surface area contributed by atoms with Crippen LogP contribution < -0.4 is 10.1 Å². The number of carboxylic acids is 2. The number of aliphatic carboxylic acids is 2. The Labute approximate surface area is 201 Å². The summed E-state index contributed by atoms with van der Waals surface area (Å²) in [5.74, 6) is -1.29. The van der Waals surface area contributed by atoms with E-state index in [1.807, 2.05) is 38.1 Å². The van der Waals surface area contributed by atoms with Crippen LogP contribution in [0.25, 0.3) is 0 Å². The molecule has 4 N–H and O–H groups in total. The predicted octanol–water partition coefficient (Wildman–Crippen LogP) is 4.33. The standard InChI is InChI=1S/C27H37NO6/c1-3-27(33,4-2)12-5-6-13-28-18-20-8-7-9-24(15-20)34-19-21-10-11-22(16-25(29)30)23(14-21)17-26(31)32/h7-11,14-15,28,33H,3-6,12-13,16-19H2,1-2H3,(H,29,30)(H,31,32). The fourth-order valence-electron chi connectivity index (χ4n) is 3.88. The van der Waals surface area contributed by atoms with Crippen molar-refractivity contribution in [2.75, 3.05) is 6.54 Å². The molecule has 0 heterocycles. The number of aliphatic hydroxyl groups is 1. The molecule has 0 amide bonds. The number of ether oxygens (including phenoxy) is 1. The molecule has 0 aliphatic heterocycles. The van der Waals surface area contributed by atoms with Gasteiger partial charge in [0, 0.05) is 6.54 Å². The first-order valence-corrected chi connectivity index (χ1v) is 11.9. The van der Waals surface area contributed by atoms with Crippen LogP contribution >= 0.6 is 0 Å². The predicted molar refractivity (Wildman–Crippen MR) is 131 cm³/mol. The van der Waals surface area contributed by atoms with Crippen molar-refractivity contribution in [1.29, 1.82) is 0 Å². The Morgan fingerprint density at radius 1 is 0.912 bits per heavy atom. The summed E-state index contributed by atoms with van der Waals surface area (Å²) in [7, 11) is 0. The van der Waals surface area contributed by atoms with E-state index in [1.54, 1.807) is 18.2 Å². The summed E-state index contributed by atoms with van der Waals surface area (Å²) in [6, 6.07) is 12.9. The summed E-state index contributed by atoms with van der Waals surface area (Å²) in [5, 5.41) is 32.0. The monoisotopic (exact) mass is 471 g/mol. The van der Waals surface area contributed by atoms with Crippen LogP contribution in [-0.2, 0) is 35.6 Å². The zero-order valence-electron chi connectivity index (χ0n) is 20.2. The highest BCUT2D eigenvalue weighted by atomic mass is 16.5. The molecule has 0 radical (unpaired) electrons. The van der Waals surface area contributed by atoms with Gasteiger partial charge in [-0.05, 0) is 73.0 Å². The molecular weight excluding hydrogens is 434 g/mol. The van der Waals surface area contributed by atoms with Gasteiger partial charge >= 0.3 is 11.9 Å².